The Hall–Kier alpha value is -0.870. The van der Waals surface area contributed by atoms with E-state index in [4.69, 9.17) is 4.74 Å². The fourth-order valence-electron chi connectivity index (χ4n) is 1.50. The Morgan fingerprint density at radius 3 is 3.00 bits per heavy atom. The highest BCUT2D eigenvalue weighted by molar-refractivity contribution is 5.03. The van der Waals surface area contributed by atoms with Crippen LogP contribution in [0.4, 0.5) is 0 Å². The van der Waals surface area contributed by atoms with Gasteiger partial charge in [-0.3, -0.25) is 4.68 Å². The molecule has 1 heterocycles. The first kappa shape index (κ1) is 13.2. The third kappa shape index (κ3) is 5.28. The molecule has 1 aromatic rings. The van der Waals surface area contributed by atoms with Crippen LogP contribution in [0.25, 0.3) is 0 Å². The van der Waals surface area contributed by atoms with Crippen molar-refractivity contribution in [1.29, 1.82) is 0 Å². The van der Waals surface area contributed by atoms with E-state index in [1.807, 2.05) is 10.9 Å². The van der Waals surface area contributed by atoms with Crippen LogP contribution >= 0.6 is 0 Å². The zero-order valence-electron chi connectivity index (χ0n) is 10.6. The molecule has 4 heteroatoms. The maximum atomic E-state index is 5.01. The van der Waals surface area contributed by atoms with E-state index in [0.717, 1.165) is 32.7 Å². The predicted octanol–water partition coefficient (Wildman–Crippen LogP) is 1.67. The summed E-state index contributed by atoms with van der Waals surface area (Å²) in [4.78, 5) is 0. The van der Waals surface area contributed by atoms with Gasteiger partial charge in [0.25, 0.3) is 0 Å². The van der Waals surface area contributed by atoms with Gasteiger partial charge >= 0.3 is 0 Å². The highest BCUT2D eigenvalue weighted by atomic mass is 16.5. The number of hydrogen-bond acceptors (Lipinski definition) is 3. The van der Waals surface area contributed by atoms with Crippen LogP contribution in [0.15, 0.2) is 12.4 Å². The molecule has 0 amide bonds. The molecule has 0 aliphatic carbocycles. The average Bonchev–Trinajstić information content (AvgIpc) is 2.66. The number of methoxy groups -OCH3 is 1. The fraction of sp³-hybridized carbons (Fsp3) is 0.750. The number of aryl methyl sites for hydroxylation is 1. The number of ether oxygens (including phenoxy) is 1. The zero-order chi connectivity index (χ0) is 11.8. The largest absolute Gasteiger partial charge is 0.385 e. The van der Waals surface area contributed by atoms with Crippen LogP contribution in [-0.2, 0) is 17.8 Å². The van der Waals surface area contributed by atoms with Gasteiger partial charge in [0.05, 0.1) is 6.20 Å². The highest BCUT2D eigenvalue weighted by Gasteiger charge is 1.99. The van der Waals surface area contributed by atoms with Gasteiger partial charge in [0.15, 0.2) is 0 Å². The van der Waals surface area contributed by atoms with Crippen molar-refractivity contribution in [2.75, 3.05) is 20.3 Å². The van der Waals surface area contributed by atoms with Crippen LogP contribution in [0.2, 0.25) is 0 Å². The van der Waals surface area contributed by atoms with E-state index < -0.39 is 0 Å². The molecule has 0 aliphatic rings. The smallest absolute Gasteiger partial charge is 0.0534 e. The predicted molar refractivity (Wildman–Crippen MR) is 65.3 cm³/mol. The molecule has 0 atom stereocenters. The Balaban J connectivity index is 2.22. The third-order valence-electron chi connectivity index (χ3n) is 2.30. The van der Waals surface area contributed by atoms with Crippen LogP contribution in [0.5, 0.6) is 0 Å². The minimum absolute atomic E-state index is 0.691. The molecule has 4 nitrogen and oxygen atoms in total. The first-order valence-corrected chi connectivity index (χ1v) is 5.93. The normalized spacial score (nSPS) is 11.2. The second-order valence-corrected chi connectivity index (χ2v) is 4.48. The standard InChI is InChI=1S/C12H23N3O/c1-11(2)7-13-8-12-9-14-15(10-12)5-4-6-16-3/h9-11,13H,4-8H2,1-3H3. The van der Waals surface area contributed by atoms with Gasteiger partial charge in [0.1, 0.15) is 0 Å². The molecule has 0 radical (unpaired) electrons. The summed E-state index contributed by atoms with van der Waals surface area (Å²) in [6.07, 6.45) is 5.04. The summed E-state index contributed by atoms with van der Waals surface area (Å²) in [5.41, 5.74) is 1.25. The van der Waals surface area contributed by atoms with Gasteiger partial charge in [-0.15, -0.1) is 0 Å². The maximum absolute atomic E-state index is 5.01. The molecule has 0 saturated carbocycles. The Bertz CT molecular complexity index is 284. The molecule has 0 bridgehead atoms. The minimum atomic E-state index is 0.691. The molecular weight excluding hydrogens is 202 g/mol. The summed E-state index contributed by atoms with van der Waals surface area (Å²) >= 11 is 0. The van der Waals surface area contributed by atoms with E-state index in [0.29, 0.717) is 5.92 Å². The van der Waals surface area contributed by atoms with E-state index in [-0.39, 0.29) is 0 Å². The lowest BCUT2D eigenvalue weighted by atomic mass is 10.2. The number of aromatic nitrogens is 2. The van der Waals surface area contributed by atoms with Crippen molar-refractivity contribution in [1.82, 2.24) is 15.1 Å². The summed E-state index contributed by atoms with van der Waals surface area (Å²) in [5, 5.41) is 7.71. The lowest BCUT2D eigenvalue weighted by Crippen LogP contribution is -2.18. The topological polar surface area (TPSA) is 39.1 Å². The summed E-state index contributed by atoms with van der Waals surface area (Å²) in [7, 11) is 1.73. The van der Waals surface area contributed by atoms with Crippen molar-refractivity contribution in [2.24, 2.45) is 5.92 Å². The number of rotatable bonds is 8. The first-order chi connectivity index (χ1) is 7.72. The number of nitrogens with zero attached hydrogens (tertiary/aromatic N) is 2. The molecule has 0 aromatic carbocycles. The van der Waals surface area contributed by atoms with Crippen molar-refractivity contribution >= 4 is 0 Å². The van der Waals surface area contributed by atoms with Crippen LogP contribution in [-0.4, -0.2) is 30.0 Å². The Labute approximate surface area is 98.0 Å². The monoisotopic (exact) mass is 225 g/mol. The van der Waals surface area contributed by atoms with E-state index in [1.54, 1.807) is 7.11 Å². The van der Waals surface area contributed by atoms with Crippen LogP contribution in [0.3, 0.4) is 0 Å². The zero-order valence-corrected chi connectivity index (χ0v) is 10.6. The molecule has 0 aliphatic heterocycles. The van der Waals surface area contributed by atoms with E-state index >= 15 is 0 Å². The Morgan fingerprint density at radius 1 is 1.50 bits per heavy atom. The molecule has 1 rings (SSSR count). The molecule has 1 N–H and O–H groups in total. The molecule has 16 heavy (non-hydrogen) atoms. The number of nitrogens with one attached hydrogen (secondary N) is 1. The van der Waals surface area contributed by atoms with Crippen LogP contribution in [0, 0.1) is 5.92 Å². The van der Waals surface area contributed by atoms with Gasteiger partial charge in [-0.1, -0.05) is 13.8 Å². The van der Waals surface area contributed by atoms with Gasteiger partial charge in [0.2, 0.25) is 0 Å². The SMILES string of the molecule is COCCCn1cc(CNCC(C)C)cn1. The van der Waals surface area contributed by atoms with Crippen molar-refractivity contribution in [2.45, 2.75) is 33.4 Å². The molecule has 0 spiro atoms. The van der Waals surface area contributed by atoms with Crippen LogP contribution in [0.1, 0.15) is 25.8 Å². The third-order valence-corrected chi connectivity index (χ3v) is 2.30. The molecular formula is C12H23N3O. The Kier molecular flexibility index (Phi) is 6.11. The number of hydrogen-bond donors (Lipinski definition) is 1. The summed E-state index contributed by atoms with van der Waals surface area (Å²) < 4.78 is 6.99. The highest BCUT2D eigenvalue weighted by Crippen LogP contribution is 1.99. The van der Waals surface area contributed by atoms with Gasteiger partial charge < -0.3 is 10.1 Å². The first-order valence-electron chi connectivity index (χ1n) is 5.93. The summed E-state index contributed by atoms with van der Waals surface area (Å²) in [6.45, 7) is 8.10. The molecule has 0 unspecified atom stereocenters. The van der Waals surface area contributed by atoms with Crippen molar-refractivity contribution < 1.29 is 4.74 Å². The van der Waals surface area contributed by atoms with E-state index in [9.17, 15) is 0 Å². The lowest BCUT2D eigenvalue weighted by Gasteiger charge is -2.05. The summed E-state index contributed by atoms with van der Waals surface area (Å²) in [6, 6.07) is 0. The van der Waals surface area contributed by atoms with Crippen molar-refractivity contribution in [3.05, 3.63) is 18.0 Å². The van der Waals surface area contributed by atoms with Crippen LogP contribution < -0.4 is 5.32 Å². The molecule has 92 valence electrons. The molecule has 0 saturated heterocycles. The fourth-order valence-corrected chi connectivity index (χ4v) is 1.50. The van der Waals surface area contributed by atoms with Crippen molar-refractivity contribution in [3.8, 4) is 0 Å². The van der Waals surface area contributed by atoms with Gasteiger partial charge in [0, 0.05) is 38.6 Å². The van der Waals surface area contributed by atoms with Crippen molar-refractivity contribution in [3.63, 3.8) is 0 Å². The van der Waals surface area contributed by atoms with E-state index in [2.05, 4.69) is 30.5 Å². The minimum Gasteiger partial charge on any atom is -0.385 e. The quantitative estimate of drug-likeness (QED) is 0.684. The van der Waals surface area contributed by atoms with Gasteiger partial charge in [-0.2, -0.15) is 5.10 Å². The van der Waals surface area contributed by atoms with Gasteiger partial charge in [-0.05, 0) is 18.9 Å². The second kappa shape index (κ2) is 7.41. The average molecular weight is 225 g/mol. The lowest BCUT2D eigenvalue weighted by molar-refractivity contribution is 0.189. The Morgan fingerprint density at radius 2 is 2.31 bits per heavy atom. The van der Waals surface area contributed by atoms with E-state index in [1.165, 1.54) is 5.56 Å². The van der Waals surface area contributed by atoms with Gasteiger partial charge in [-0.25, -0.2) is 0 Å². The molecule has 0 fully saturated rings. The molecule has 1 aromatic heterocycles. The summed E-state index contributed by atoms with van der Waals surface area (Å²) in [5.74, 6) is 0.691. The second-order valence-electron chi connectivity index (χ2n) is 4.48. The maximum Gasteiger partial charge on any atom is 0.0534 e.